The van der Waals surface area contributed by atoms with Gasteiger partial charge in [-0.2, -0.15) is 0 Å². The van der Waals surface area contributed by atoms with E-state index in [4.69, 9.17) is 16.3 Å². The van der Waals surface area contributed by atoms with E-state index in [1.54, 1.807) is 14.5 Å². The number of carbonyl (C=O) groups excluding carboxylic acids is 2. The second kappa shape index (κ2) is 8.65. The van der Waals surface area contributed by atoms with Crippen molar-refractivity contribution in [2.24, 2.45) is 0 Å². The second-order valence-electron chi connectivity index (χ2n) is 7.91. The first-order chi connectivity index (χ1) is 15.5. The summed E-state index contributed by atoms with van der Waals surface area (Å²) in [6.07, 6.45) is -0.167. The molecular formula is C22H22ClN5O3S. The molecule has 1 atom stereocenters. The van der Waals surface area contributed by atoms with E-state index in [-0.39, 0.29) is 24.5 Å². The number of piperazine rings is 1. The van der Waals surface area contributed by atoms with Gasteiger partial charge < -0.3 is 14.5 Å². The third kappa shape index (κ3) is 4.03. The topological polar surface area (TPSA) is 80.6 Å². The summed E-state index contributed by atoms with van der Waals surface area (Å²) in [6, 6.07) is 11.3. The number of aromatic nitrogens is 3. The van der Waals surface area contributed by atoms with Gasteiger partial charge in [0.25, 0.3) is 11.8 Å². The molecule has 0 unspecified atom stereocenters. The number of amides is 2. The molecule has 2 aromatic heterocycles. The second-order valence-corrected chi connectivity index (χ2v) is 9.64. The molecule has 1 aromatic carbocycles. The van der Waals surface area contributed by atoms with Gasteiger partial charge in [0.05, 0.1) is 23.7 Å². The summed E-state index contributed by atoms with van der Waals surface area (Å²) in [7, 11) is 0. The van der Waals surface area contributed by atoms with Crippen LogP contribution in [0.5, 0.6) is 0 Å². The maximum atomic E-state index is 13.1. The highest BCUT2D eigenvalue weighted by Crippen LogP contribution is 2.28. The van der Waals surface area contributed by atoms with Gasteiger partial charge in [-0.15, -0.1) is 16.4 Å². The number of hydrogen-bond acceptors (Lipinski definition) is 6. The first-order valence-corrected chi connectivity index (χ1v) is 11.6. The fourth-order valence-corrected chi connectivity index (χ4v) is 4.99. The van der Waals surface area contributed by atoms with Gasteiger partial charge in [-0.3, -0.25) is 9.59 Å². The maximum absolute atomic E-state index is 13.1. The lowest BCUT2D eigenvalue weighted by molar-refractivity contribution is -0.00202. The average molecular weight is 472 g/mol. The fourth-order valence-electron chi connectivity index (χ4n) is 4.02. The van der Waals surface area contributed by atoms with Gasteiger partial charge in [0.2, 0.25) is 0 Å². The quantitative estimate of drug-likeness (QED) is 0.586. The Bertz CT molecular complexity index is 1150. The van der Waals surface area contributed by atoms with Crippen LogP contribution in [0.3, 0.4) is 0 Å². The monoisotopic (exact) mass is 471 g/mol. The van der Waals surface area contributed by atoms with Crippen molar-refractivity contribution in [3.63, 3.8) is 0 Å². The lowest BCUT2D eigenvalue weighted by Gasteiger charge is -2.34. The lowest BCUT2D eigenvalue weighted by Crippen LogP contribution is -2.50. The van der Waals surface area contributed by atoms with E-state index in [0.29, 0.717) is 49.1 Å². The number of hydrogen-bond donors (Lipinski definition) is 0. The predicted octanol–water partition coefficient (Wildman–Crippen LogP) is 3.17. The van der Waals surface area contributed by atoms with Crippen molar-refractivity contribution >= 4 is 34.8 Å². The van der Waals surface area contributed by atoms with E-state index >= 15 is 0 Å². The summed E-state index contributed by atoms with van der Waals surface area (Å²) in [5.41, 5.74) is 2.02. The van der Waals surface area contributed by atoms with Crippen molar-refractivity contribution < 1.29 is 14.3 Å². The van der Waals surface area contributed by atoms with Crippen LogP contribution in [0.4, 0.5) is 0 Å². The summed E-state index contributed by atoms with van der Waals surface area (Å²) in [4.78, 5) is 31.2. The van der Waals surface area contributed by atoms with Crippen LogP contribution in [-0.4, -0.2) is 62.8 Å². The predicted molar refractivity (Wildman–Crippen MR) is 120 cm³/mol. The SMILES string of the molecule is Cc1ccc(C(=O)N2CCN(C(=O)c3nnn4c3CO[C@@H](c3ccc(Cl)cc3)C4)CC2)s1. The van der Waals surface area contributed by atoms with Gasteiger partial charge in [-0.1, -0.05) is 28.9 Å². The maximum Gasteiger partial charge on any atom is 0.276 e. The molecule has 10 heteroatoms. The number of nitrogens with zero attached hydrogens (tertiary/aromatic N) is 5. The normalized spacial score (nSPS) is 18.5. The van der Waals surface area contributed by atoms with Crippen LogP contribution in [0.15, 0.2) is 36.4 Å². The smallest absolute Gasteiger partial charge is 0.276 e. The fraction of sp³-hybridized carbons (Fsp3) is 0.364. The summed E-state index contributed by atoms with van der Waals surface area (Å²) in [5, 5.41) is 9.03. The molecule has 1 saturated heterocycles. The standard InChI is InChI=1S/C22H22ClN5O3S/c1-14-2-7-19(32-14)21(29)26-8-10-27(11-9-26)22(30)20-17-13-31-18(12-28(17)25-24-20)15-3-5-16(23)6-4-15/h2-7,18H,8-13H2,1H3/t18-/m1/s1. The largest absolute Gasteiger partial charge is 0.365 e. The summed E-state index contributed by atoms with van der Waals surface area (Å²) < 4.78 is 7.74. The Hall–Kier alpha value is -2.75. The minimum Gasteiger partial charge on any atom is -0.365 e. The van der Waals surface area contributed by atoms with Gasteiger partial charge >= 0.3 is 0 Å². The van der Waals surface area contributed by atoms with Crippen molar-refractivity contribution in [1.82, 2.24) is 24.8 Å². The molecule has 2 aliphatic heterocycles. The third-order valence-corrected chi connectivity index (χ3v) is 7.09. The molecule has 1 fully saturated rings. The first-order valence-electron chi connectivity index (χ1n) is 10.4. The lowest BCUT2D eigenvalue weighted by atomic mass is 10.1. The number of carbonyl (C=O) groups is 2. The molecule has 0 spiro atoms. The minimum absolute atomic E-state index is 0.0258. The molecule has 32 heavy (non-hydrogen) atoms. The van der Waals surface area contributed by atoms with Gasteiger partial charge in [-0.25, -0.2) is 4.68 Å². The van der Waals surface area contributed by atoms with Crippen molar-refractivity contribution in [2.75, 3.05) is 26.2 Å². The molecule has 0 bridgehead atoms. The first kappa shape index (κ1) is 21.1. The highest BCUT2D eigenvalue weighted by molar-refractivity contribution is 7.13. The van der Waals surface area contributed by atoms with Gasteiger partial charge in [-0.05, 0) is 36.8 Å². The van der Waals surface area contributed by atoms with Crippen molar-refractivity contribution in [3.8, 4) is 0 Å². The van der Waals surface area contributed by atoms with Crippen molar-refractivity contribution in [2.45, 2.75) is 26.2 Å². The zero-order valence-electron chi connectivity index (χ0n) is 17.5. The van der Waals surface area contributed by atoms with Crippen LogP contribution in [-0.2, 0) is 17.9 Å². The molecule has 166 valence electrons. The number of thiophene rings is 1. The van der Waals surface area contributed by atoms with Crippen LogP contribution in [0.25, 0.3) is 0 Å². The molecule has 0 N–H and O–H groups in total. The van der Waals surface area contributed by atoms with Gasteiger partial charge in [0.1, 0.15) is 6.10 Å². The Kier molecular flexibility index (Phi) is 5.71. The zero-order chi connectivity index (χ0) is 22.2. The molecule has 2 aliphatic rings. The number of benzene rings is 1. The summed E-state index contributed by atoms with van der Waals surface area (Å²) >= 11 is 7.47. The zero-order valence-corrected chi connectivity index (χ0v) is 19.1. The van der Waals surface area contributed by atoms with Crippen LogP contribution in [0, 0.1) is 6.92 Å². The van der Waals surface area contributed by atoms with Crippen LogP contribution < -0.4 is 0 Å². The molecule has 0 aliphatic carbocycles. The Morgan fingerprint density at radius 3 is 2.38 bits per heavy atom. The minimum atomic E-state index is -0.168. The molecule has 8 nitrogen and oxygen atoms in total. The molecule has 0 radical (unpaired) electrons. The van der Waals surface area contributed by atoms with E-state index in [1.807, 2.05) is 43.3 Å². The highest BCUT2D eigenvalue weighted by Gasteiger charge is 2.32. The Morgan fingerprint density at radius 1 is 1.03 bits per heavy atom. The van der Waals surface area contributed by atoms with Crippen LogP contribution >= 0.6 is 22.9 Å². The van der Waals surface area contributed by atoms with E-state index in [1.165, 1.54) is 11.3 Å². The number of rotatable bonds is 3. The Morgan fingerprint density at radius 2 is 1.72 bits per heavy atom. The Balaban J connectivity index is 1.23. The average Bonchev–Trinajstić information content (AvgIpc) is 3.44. The highest BCUT2D eigenvalue weighted by atomic mass is 35.5. The summed E-state index contributed by atoms with van der Waals surface area (Å²) in [6.45, 7) is 4.67. The molecule has 5 rings (SSSR count). The van der Waals surface area contributed by atoms with Crippen molar-refractivity contribution in [1.29, 1.82) is 0 Å². The summed E-state index contributed by atoms with van der Waals surface area (Å²) in [5.74, 6) is -0.142. The molecule has 2 amide bonds. The molecule has 4 heterocycles. The molecule has 0 saturated carbocycles. The van der Waals surface area contributed by atoms with E-state index in [0.717, 1.165) is 15.3 Å². The van der Waals surface area contributed by atoms with Gasteiger partial charge in [0, 0.05) is 36.1 Å². The number of halogens is 1. The molecular weight excluding hydrogens is 450 g/mol. The van der Waals surface area contributed by atoms with E-state index < -0.39 is 0 Å². The molecule has 3 aromatic rings. The van der Waals surface area contributed by atoms with Crippen LogP contribution in [0.2, 0.25) is 5.02 Å². The van der Waals surface area contributed by atoms with E-state index in [2.05, 4.69) is 10.3 Å². The Labute approximate surface area is 194 Å². The number of aryl methyl sites for hydroxylation is 1. The number of ether oxygens (including phenoxy) is 1. The van der Waals surface area contributed by atoms with E-state index in [9.17, 15) is 9.59 Å². The third-order valence-electron chi connectivity index (χ3n) is 5.85. The van der Waals surface area contributed by atoms with Crippen molar-refractivity contribution in [3.05, 3.63) is 68.1 Å². The number of fused-ring (bicyclic) bond motifs is 1. The van der Waals surface area contributed by atoms with Gasteiger partial charge in [0.15, 0.2) is 5.69 Å². The van der Waals surface area contributed by atoms with Crippen LogP contribution in [0.1, 0.15) is 42.4 Å².